The number of hydrogen-bond donors (Lipinski definition) is 1. The van der Waals surface area contributed by atoms with Crippen LogP contribution in [0.4, 0.5) is 14.9 Å². The van der Waals surface area contributed by atoms with Crippen LogP contribution in [-0.2, 0) is 11.3 Å². The largest absolute Gasteiger partial charge is 0.445 e. The standard InChI is InChI=1S/C27H28FN3O3/c1-3-25(30-27(33)34-17-19-7-5-4-6-8-19)22-14-31(15-22)26-21(16-32)12-29-13-24(26)20-9-18(2)10-23(28)11-20/h4-13,16,22,25H,3,14-15,17H2,1-2H3,(H,30,33). The van der Waals surface area contributed by atoms with Crippen LogP contribution in [0.5, 0.6) is 0 Å². The number of nitrogens with one attached hydrogen (secondary N) is 1. The first kappa shape index (κ1) is 23.4. The van der Waals surface area contributed by atoms with Crippen LogP contribution in [0.15, 0.2) is 60.9 Å². The number of halogens is 1. The van der Waals surface area contributed by atoms with E-state index < -0.39 is 6.09 Å². The average Bonchev–Trinajstić information content (AvgIpc) is 2.81. The number of aromatic nitrogens is 1. The smallest absolute Gasteiger partial charge is 0.407 e. The van der Waals surface area contributed by atoms with Crippen LogP contribution in [-0.4, -0.2) is 36.5 Å². The second kappa shape index (κ2) is 10.5. The van der Waals surface area contributed by atoms with E-state index in [-0.39, 0.29) is 24.4 Å². The van der Waals surface area contributed by atoms with Crippen molar-refractivity contribution in [3.8, 4) is 11.1 Å². The molecule has 3 aromatic rings. The second-order valence-corrected chi connectivity index (χ2v) is 8.65. The number of nitrogens with zero attached hydrogens (tertiary/aromatic N) is 2. The predicted molar refractivity (Wildman–Crippen MR) is 129 cm³/mol. The molecule has 6 nitrogen and oxygen atoms in total. The van der Waals surface area contributed by atoms with Crippen molar-refractivity contribution in [2.75, 3.05) is 18.0 Å². The van der Waals surface area contributed by atoms with Gasteiger partial charge in [-0.1, -0.05) is 43.3 Å². The van der Waals surface area contributed by atoms with Crippen LogP contribution in [0, 0.1) is 18.7 Å². The number of ether oxygens (including phenoxy) is 1. The Morgan fingerprint density at radius 1 is 1.24 bits per heavy atom. The first-order valence-electron chi connectivity index (χ1n) is 11.4. The monoisotopic (exact) mass is 461 g/mol. The average molecular weight is 462 g/mol. The maximum Gasteiger partial charge on any atom is 0.407 e. The Bertz CT molecular complexity index is 1140. The highest BCUT2D eigenvalue weighted by atomic mass is 19.1. The van der Waals surface area contributed by atoms with Crippen LogP contribution in [0.2, 0.25) is 0 Å². The number of aryl methyl sites for hydroxylation is 1. The molecule has 176 valence electrons. The summed E-state index contributed by atoms with van der Waals surface area (Å²) in [6, 6.07) is 14.3. The summed E-state index contributed by atoms with van der Waals surface area (Å²) >= 11 is 0. The summed E-state index contributed by atoms with van der Waals surface area (Å²) in [5.74, 6) is -0.132. The van der Waals surface area contributed by atoms with E-state index in [9.17, 15) is 14.0 Å². The Morgan fingerprint density at radius 2 is 2.00 bits per heavy atom. The van der Waals surface area contributed by atoms with E-state index in [1.807, 2.05) is 50.2 Å². The summed E-state index contributed by atoms with van der Waals surface area (Å²) in [6.07, 6.45) is 4.29. The molecule has 1 aromatic heterocycles. The summed E-state index contributed by atoms with van der Waals surface area (Å²) < 4.78 is 19.4. The minimum Gasteiger partial charge on any atom is -0.445 e. The fraction of sp³-hybridized carbons (Fsp3) is 0.296. The molecule has 0 bridgehead atoms. The number of aldehydes is 1. The lowest BCUT2D eigenvalue weighted by Gasteiger charge is -2.45. The number of amides is 1. The second-order valence-electron chi connectivity index (χ2n) is 8.65. The Morgan fingerprint density at radius 3 is 2.68 bits per heavy atom. The number of carbonyl (C=O) groups is 2. The Kier molecular flexibility index (Phi) is 7.21. The molecule has 1 aliphatic rings. The highest BCUT2D eigenvalue weighted by molar-refractivity contribution is 5.93. The van der Waals surface area contributed by atoms with Crippen molar-refractivity contribution in [2.45, 2.75) is 32.9 Å². The molecule has 1 amide bonds. The van der Waals surface area contributed by atoms with Gasteiger partial charge < -0.3 is 15.0 Å². The van der Waals surface area contributed by atoms with Gasteiger partial charge >= 0.3 is 6.09 Å². The third kappa shape index (κ3) is 5.25. The number of pyridine rings is 1. The molecule has 34 heavy (non-hydrogen) atoms. The van der Waals surface area contributed by atoms with Crippen molar-refractivity contribution in [1.29, 1.82) is 0 Å². The molecule has 1 saturated heterocycles. The first-order chi connectivity index (χ1) is 16.5. The SMILES string of the molecule is CCC(NC(=O)OCc1ccccc1)C1CN(c2c(C=O)cncc2-c2cc(C)cc(F)c2)C1. The van der Waals surface area contributed by atoms with Crippen molar-refractivity contribution < 1.29 is 18.7 Å². The van der Waals surface area contributed by atoms with Gasteiger partial charge in [0.1, 0.15) is 12.4 Å². The Balaban J connectivity index is 1.44. The topological polar surface area (TPSA) is 71.5 Å². The number of carbonyl (C=O) groups excluding carboxylic acids is 2. The molecule has 0 spiro atoms. The lowest BCUT2D eigenvalue weighted by Crippen LogP contribution is -2.57. The molecule has 0 aliphatic carbocycles. The lowest BCUT2D eigenvalue weighted by atomic mass is 9.88. The summed E-state index contributed by atoms with van der Waals surface area (Å²) in [5.41, 5.74) is 4.33. The molecular weight excluding hydrogens is 433 g/mol. The van der Waals surface area contributed by atoms with Crippen molar-refractivity contribution in [2.24, 2.45) is 5.92 Å². The van der Waals surface area contributed by atoms with Crippen molar-refractivity contribution in [3.05, 3.63) is 83.4 Å². The van der Waals surface area contributed by atoms with Crippen LogP contribution in [0.3, 0.4) is 0 Å². The van der Waals surface area contributed by atoms with Gasteiger partial charge in [0.25, 0.3) is 0 Å². The highest BCUT2D eigenvalue weighted by Crippen LogP contribution is 2.38. The van der Waals surface area contributed by atoms with Crippen LogP contribution in [0.1, 0.15) is 34.8 Å². The van der Waals surface area contributed by atoms with Crippen LogP contribution in [0.25, 0.3) is 11.1 Å². The fourth-order valence-electron chi connectivity index (χ4n) is 4.43. The predicted octanol–water partition coefficient (Wildman–Crippen LogP) is 5.15. The van der Waals surface area contributed by atoms with E-state index >= 15 is 0 Å². The van der Waals surface area contributed by atoms with Crippen LogP contribution < -0.4 is 10.2 Å². The molecule has 1 N–H and O–H groups in total. The van der Waals surface area contributed by atoms with E-state index in [1.54, 1.807) is 6.20 Å². The van der Waals surface area contributed by atoms with Crippen molar-refractivity contribution >= 4 is 18.1 Å². The molecule has 0 radical (unpaired) electrons. The molecule has 2 aromatic carbocycles. The third-order valence-electron chi connectivity index (χ3n) is 6.18. The number of benzene rings is 2. The zero-order chi connectivity index (χ0) is 24.1. The summed E-state index contributed by atoms with van der Waals surface area (Å²) in [4.78, 5) is 30.4. The number of hydrogen-bond acceptors (Lipinski definition) is 5. The number of anilines is 1. The lowest BCUT2D eigenvalue weighted by molar-refractivity contribution is 0.112. The van der Waals surface area contributed by atoms with Gasteiger partial charge in [0, 0.05) is 43.0 Å². The molecule has 4 rings (SSSR count). The molecule has 7 heteroatoms. The van der Waals surface area contributed by atoms with E-state index in [0.29, 0.717) is 29.8 Å². The quantitative estimate of drug-likeness (QED) is 0.470. The Labute approximate surface area is 198 Å². The molecule has 0 saturated carbocycles. The minimum absolute atomic E-state index is 0.0547. The van der Waals surface area contributed by atoms with Gasteiger partial charge in [-0.2, -0.15) is 0 Å². The van der Waals surface area contributed by atoms with Gasteiger partial charge in [-0.05, 0) is 42.2 Å². The van der Waals surface area contributed by atoms with Gasteiger partial charge in [-0.3, -0.25) is 9.78 Å². The number of alkyl carbamates (subject to hydrolysis) is 1. The zero-order valence-corrected chi connectivity index (χ0v) is 19.3. The maximum atomic E-state index is 14.1. The highest BCUT2D eigenvalue weighted by Gasteiger charge is 2.36. The molecule has 1 fully saturated rings. The first-order valence-corrected chi connectivity index (χ1v) is 11.4. The fourth-order valence-corrected chi connectivity index (χ4v) is 4.43. The van der Waals surface area contributed by atoms with Gasteiger partial charge in [-0.15, -0.1) is 0 Å². The van der Waals surface area contributed by atoms with E-state index in [1.165, 1.54) is 18.3 Å². The van der Waals surface area contributed by atoms with Crippen molar-refractivity contribution in [3.63, 3.8) is 0 Å². The van der Waals surface area contributed by atoms with Gasteiger partial charge in [-0.25, -0.2) is 9.18 Å². The summed E-state index contributed by atoms with van der Waals surface area (Å²) in [7, 11) is 0. The van der Waals surface area contributed by atoms with E-state index in [2.05, 4.69) is 15.2 Å². The molecule has 2 heterocycles. The number of rotatable bonds is 8. The minimum atomic E-state index is -0.442. The third-order valence-corrected chi connectivity index (χ3v) is 6.18. The maximum absolute atomic E-state index is 14.1. The van der Waals surface area contributed by atoms with E-state index in [4.69, 9.17) is 4.74 Å². The van der Waals surface area contributed by atoms with Gasteiger partial charge in [0.15, 0.2) is 6.29 Å². The molecule has 1 unspecified atom stereocenters. The zero-order valence-electron chi connectivity index (χ0n) is 19.3. The molecule has 1 aliphatic heterocycles. The molecule has 1 atom stereocenters. The normalized spacial score (nSPS) is 14.3. The van der Waals surface area contributed by atoms with Crippen molar-refractivity contribution in [1.82, 2.24) is 10.3 Å². The summed E-state index contributed by atoms with van der Waals surface area (Å²) in [5, 5.41) is 2.98. The summed E-state index contributed by atoms with van der Waals surface area (Å²) in [6.45, 7) is 5.38. The van der Waals surface area contributed by atoms with Gasteiger partial charge in [0.2, 0.25) is 0 Å². The Hall–Kier alpha value is -3.74. The molecular formula is C27H28FN3O3. The van der Waals surface area contributed by atoms with E-state index in [0.717, 1.165) is 29.5 Å². The van der Waals surface area contributed by atoms with Gasteiger partial charge in [0.05, 0.1) is 11.3 Å². The van der Waals surface area contributed by atoms with Crippen LogP contribution >= 0.6 is 0 Å².